The summed E-state index contributed by atoms with van der Waals surface area (Å²) in [6.07, 6.45) is 0. The molecule has 12 aromatic rings. The van der Waals surface area contributed by atoms with Crippen molar-refractivity contribution in [2.75, 3.05) is 4.90 Å². The number of para-hydroxylation sites is 1. The number of hydrogen-bond donors (Lipinski definition) is 0. The van der Waals surface area contributed by atoms with E-state index in [2.05, 4.69) is 252 Å². The average molecular weight is 789 g/mol. The standard InChI is InChI=1S/C60H40N2/c1-2-14-42(15-3-1)53-27-11-19-46-20-12-28-54(59(46)53)45-32-37-48(38-33-45)61(47-35-30-44(31-36-47)52-26-10-18-41-16-4-6-23-51(41)52)49-21-13-22-50(40-49)62-58-29-9-8-25-56(58)57-39-34-43-17-5-7-24-55(43)60(57)62/h1-40H. The third-order valence-corrected chi connectivity index (χ3v) is 12.6. The van der Waals surface area contributed by atoms with Crippen LogP contribution in [0.2, 0.25) is 0 Å². The van der Waals surface area contributed by atoms with Crippen molar-refractivity contribution in [2.45, 2.75) is 0 Å². The molecule has 1 heterocycles. The van der Waals surface area contributed by atoms with Crippen molar-refractivity contribution in [2.24, 2.45) is 0 Å². The van der Waals surface area contributed by atoms with Crippen LogP contribution in [0.15, 0.2) is 243 Å². The summed E-state index contributed by atoms with van der Waals surface area (Å²) in [6, 6.07) is 88.5. The Bertz CT molecular complexity index is 3610. The van der Waals surface area contributed by atoms with Crippen LogP contribution in [0.5, 0.6) is 0 Å². The van der Waals surface area contributed by atoms with Gasteiger partial charge in [-0.05, 0) is 109 Å². The van der Waals surface area contributed by atoms with Crippen molar-refractivity contribution in [1.82, 2.24) is 4.57 Å². The fraction of sp³-hybridized carbons (Fsp3) is 0. The number of hydrogen-bond acceptors (Lipinski definition) is 1. The Balaban J connectivity index is 1.02. The van der Waals surface area contributed by atoms with E-state index in [0.717, 1.165) is 22.7 Å². The first kappa shape index (κ1) is 35.7. The zero-order chi connectivity index (χ0) is 41.0. The zero-order valence-electron chi connectivity index (χ0n) is 34.0. The number of rotatable bonds is 7. The number of fused-ring (bicyclic) bond motifs is 7. The van der Waals surface area contributed by atoms with E-state index < -0.39 is 0 Å². The van der Waals surface area contributed by atoms with Gasteiger partial charge in [0.2, 0.25) is 0 Å². The SMILES string of the molecule is c1ccc(-c2cccc3cccc(-c4ccc(N(c5ccc(-c6cccc7ccccc67)cc5)c5cccc(-n6c7ccccc7c7ccc8ccccc8c76)c5)cc4)c23)cc1. The monoisotopic (exact) mass is 788 g/mol. The van der Waals surface area contributed by atoms with Gasteiger partial charge < -0.3 is 9.47 Å². The number of nitrogens with zero attached hydrogens (tertiary/aromatic N) is 2. The maximum Gasteiger partial charge on any atom is 0.0619 e. The van der Waals surface area contributed by atoms with Crippen LogP contribution < -0.4 is 4.90 Å². The third-order valence-electron chi connectivity index (χ3n) is 12.6. The molecule has 12 rings (SSSR count). The number of aromatic nitrogens is 1. The molecule has 290 valence electrons. The normalized spacial score (nSPS) is 11.5. The summed E-state index contributed by atoms with van der Waals surface area (Å²) in [4.78, 5) is 2.39. The number of anilines is 3. The van der Waals surface area contributed by atoms with Gasteiger partial charge in [-0.15, -0.1) is 0 Å². The summed E-state index contributed by atoms with van der Waals surface area (Å²) in [5, 5.41) is 9.97. The Morgan fingerprint density at radius 1 is 0.290 bits per heavy atom. The van der Waals surface area contributed by atoms with Crippen molar-refractivity contribution in [3.63, 3.8) is 0 Å². The highest BCUT2D eigenvalue weighted by Crippen LogP contribution is 2.42. The summed E-state index contributed by atoms with van der Waals surface area (Å²) in [5.41, 5.74) is 14.1. The maximum atomic E-state index is 2.45. The van der Waals surface area contributed by atoms with Gasteiger partial charge in [0.1, 0.15) is 0 Å². The first-order valence-electron chi connectivity index (χ1n) is 21.3. The molecule has 0 saturated carbocycles. The summed E-state index contributed by atoms with van der Waals surface area (Å²) in [7, 11) is 0. The van der Waals surface area contributed by atoms with Gasteiger partial charge in [0.25, 0.3) is 0 Å². The van der Waals surface area contributed by atoms with E-state index in [1.165, 1.54) is 87.5 Å². The van der Waals surface area contributed by atoms with E-state index >= 15 is 0 Å². The van der Waals surface area contributed by atoms with Crippen LogP contribution in [0.25, 0.3) is 93.2 Å². The van der Waals surface area contributed by atoms with E-state index in [1.54, 1.807) is 0 Å². The fourth-order valence-corrected chi connectivity index (χ4v) is 9.71. The Hall–Kier alpha value is -8.20. The molecule has 1 aromatic heterocycles. The van der Waals surface area contributed by atoms with E-state index in [0.29, 0.717) is 0 Å². The quantitative estimate of drug-likeness (QED) is 0.156. The van der Waals surface area contributed by atoms with Crippen LogP contribution in [0, 0.1) is 0 Å². The second-order valence-electron chi connectivity index (χ2n) is 16.1. The summed E-state index contributed by atoms with van der Waals surface area (Å²) in [6.45, 7) is 0. The van der Waals surface area contributed by atoms with Crippen molar-refractivity contribution < 1.29 is 0 Å². The molecule has 0 spiro atoms. The van der Waals surface area contributed by atoms with Crippen LogP contribution in [0.4, 0.5) is 17.1 Å². The largest absolute Gasteiger partial charge is 0.310 e. The molecule has 0 aliphatic carbocycles. The van der Waals surface area contributed by atoms with Gasteiger partial charge in [-0.3, -0.25) is 0 Å². The van der Waals surface area contributed by atoms with Gasteiger partial charge in [-0.1, -0.05) is 194 Å². The maximum absolute atomic E-state index is 2.45. The predicted molar refractivity (Wildman–Crippen MR) is 264 cm³/mol. The Morgan fingerprint density at radius 3 is 1.52 bits per heavy atom. The smallest absolute Gasteiger partial charge is 0.0619 e. The molecule has 0 amide bonds. The fourth-order valence-electron chi connectivity index (χ4n) is 9.71. The summed E-state index contributed by atoms with van der Waals surface area (Å²) >= 11 is 0. The molecule has 0 N–H and O–H groups in total. The third kappa shape index (κ3) is 5.96. The second-order valence-corrected chi connectivity index (χ2v) is 16.1. The van der Waals surface area contributed by atoms with Gasteiger partial charge in [-0.2, -0.15) is 0 Å². The minimum atomic E-state index is 1.08. The molecule has 0 saturated heterocycles. The van der Waals surface area contributed by atoms with Gasteiger partial charge >= 0.3 is 0 Å². The van der Waals surface area contributed by atoms with Gasteiger partial charge in [0.15, 0.2) is 0 Å². The van der Waals surface area contributed by atoms with Crippen LogP contribution in [0.1, 0.15) is 0 Å². The molecule has 2 nitrogen and oxygen atoms in total. The second kappa shape index (κ2) is 14.8. The van der Waals surface area contributed by atoms with Crippen molar-refractivity contribution in [3.8, 4) is 39.1 Å². The molecule has 0 radical (unpaired) electrons. The van der Waals surface area contributed by atoms with Crippen molar-refractivity contribution >= 4 is 71.2 Å². The van der Waals surface area contributed by atoms with Crippen LogP contribution in [-0.4, -0.2) is 4.57 Å². The average Bonchev–Trinajstić information content (AvgIpc) is 3.69. The topological polar surface area (TPSA) is 8.17 Å². The van der Waals surface area contributed by atoms with Gasteiger partial charge in [-0.25, -0.2) is 0 Å². The molecule has 11 aromatic carbocycles. The summed E-state index contributed by atoms with van der Waals surface area (Å²) in [5.74, 6) is 0. The van der Waals surface area contributed by atoms with Crippen LogP contribution >= 0.6 is 0 Å². The molecule has 0 fully saturated rings. The highest BCUT2D eigenvalue weighted by Gasteiger charge is 2.19. The minimum absolute atomic E-state index is 1.08. The zero-order valence-corrected chi connectivity index (χ0v) is 34.0. The molecular weight excluding hydrogens is 749 g/mol. The molecule has 0 unspecified atom stereocenters. The Morgan fingerprint density at radius 2 is 0.806 bits per heavy atom. The van der Waals surface area contributed by atoms with E-state index in [1.807, 2.05) is 0 Å². The lowest BCUT2D eigenvalue weighted by Gasteiger charge is -2.27. The molecule has 0 atom stereocenters. The van der Waals surface area contributed by atoms with E-state index in [-0.39, 0.29) is 0 Å². The Labute approximate surface area is 360 Å². The molecular formula is C60H40N2. The van der Waals surface area contributed by atoms with Crippen molar-refractivity contribution in [3.05, 3.63) is 243 Å². The lowest BCUT2D eigenvalue weighted by Crippen LogP contribution is -2.10. The molecule has 0 aliphatic rings. The lowest BCUT2D eigenvalue weighted by atomic mass is 9.91. The lowest BCUT2D eigenvalue weighted by molar-refractivity contribution is 1.17. The van der Waals surface area contributed by atoms with Gasteiger partial charge in [0, 0.05) is 38.9 Å². The molecule has 0 bridgehead atoms. The van der Waals surface area contributed by atoms with Crippen LogP contribution in [-0.2, 0) is 0 Å². The van der Waals surface area contributed by atoms with Gasteiger partial charge in [0.05, 0.1) is 11.0 Å². The predicted octanol–water partition coefficient (Wildman–Crippen LogP) is 16.7. The van der Waals surface area contributed by atoms with E-state index in [9.17, 15) is 0 Å². The first-order valence-corrected chi connectivity index (χ1v) is 21.3. The summed E-state index contributed by atoms with van der Waals surface area (Å²) < 4.78 is 2.45. The molecule has 62 heavy (non-hydrogen) atoms. The molecule has 2 heteroatoms. The highest BCUT2D eigenvalue weighted by atomic mass is 15.1. The van der Waals surface area contributed by atoms with Crippen LogP contribution in [0.3, 0.4) is 0 Å². The Kier molecular flexibility index (Phi) is 8.53. The van der Waals surface area contributed by atoms with E-state index in [4.69, 9.17) is 0 Å². The van der Waals surface area contributed by atoms with Crippen molar-refractivity contribution in [1.29, 1.82) is 0 Å². The molecule has 0 aliphatic heterocycles. The number of benzene rings is 11. The highest BCUT2D eigenvalue weighted by molar-refractivity contribution is 6.18. The first-order chi connectivity index (χ1) is 30.8. The minimum Gasteiger partial charge on any atom is -0.310 e.